The topological polar surface area (TPSA) is 71.5 Å². The van der Waals surface area contributed by atoms with Gasteiger partial charge in [-0.2, -0.15) is 0 Å². The van der Waals surface area contributed by atoms with Crippen LogP contribution >= 0.6 is 11.6 Å². The molecule has 0 aromatic heterocycles. The van der Waals surface area contributed by atoms with Crippen molar-refractivity contribution in [2.45, 2.75) is 25.8 Å². The van der Waals surface area contributed by atoms with Crippen LogP contribution in [0.3, 0.4) is 0 Å². The van der Waals surface area contributed by atoms with Crippen molar-refractivity contribution in [1.82, 2.24) is 4.31 Å². The van der Waals surface area contributed by atoms with Crippen LogP contribution in [0.1, 0.15) is 35.2 Å². The smallest absolute Gasteiger partial charge is 0.211 e. The van der Waals surface area contributed by atoms with Gasteiger partial charge in [-0.25, -0.2) is 12.7 Å². The lowest BCUT2D eigenvalue weighted by Gasteiger charge is -2.16. The summed E-state index contributed by atoms with van der Waals surface area (Å²) >= 11 is 5.94. The Morgan fingerprint density at radius 3 is 2.50 bits per heavy atom. The van der Waals surface area contributed by atoms with Crippen molar-refractivity contribution >= 4 is 33.2 Å². The molecule has 1 aromatic rings. The summed E-state index contributed by atoms with van der Waals surface area (Å²) < 4.78 is 24.2. The first-order valence-corrected chi connectivity index (χ1v) is 9.16. The summed E-state index contributed by atoms with van der Waals surface area (Å²) in [6, 6.07) is 4.69. The van der Waals surface area contributed by atoms with E-state index in [0.29, 0.717) is 16.1 Å². The van der Waals surface area contributed by atoms with Crippen LogP contribution in [0, 0.1) is 5.92 Å². The van der Waals surface area contributed by atoms with Crippen molar-refractivity contribution < 1.29 is 18.0 Å². The van der Waals surface area contributed by atoms with Crippen molar-refractivity contribution in [1.29, 1.82) is 0 Å². The zero-order chi connectivity index (χ0) is 16.5. The van der Waals surface area contributed by atoms with Gasteiger partial charge in [0.05, 0.1) is 12.7 Å². The van der Waals surface area contributed by atoms with E-state index in [1.807, 2.05) is 0 Å². The molecule has 22 heavy (non-hydrogen) atoms. The molecule has 0 heterocycles. The lowest BCUT2D eigenvalue weighted by atomic mass is 9.99. The minimum atomic E-state index is -3.37. The maximum atomic E-state index is 12.3. The van der Waals surface area contributed by atoms with E-state index in [0.717, 1.165) is 23.4 Å². The van der Waals surface area contributed by atoms with Crippen molar-refractivity contribution in [3.8, 4) is 0 Å². The number of sulfonamides is 1. The predicted molar refractivity (Wildman–Crippen MR) is 84.4 cm³/mol. The number of benzene rings is 1. The number of nitrogens with zero attached hydrogens (tertiary/aromatic N) is 1. The Morgan fingerprint density at radius 2 is 1.95 bits per heavy atom. The van der Waals surface area contributed by atoms with E-state index in [1.54, 1.807) is 18.2 Å². The summed E-state index contributed by atoms with van der Waals surface area (Å²) in [5, 5.41) is 0.418. The highest BCUT2D eigenvalue weighted by molar-refractivity contribution is 7.88. The second-order valence-corrected chi connectivity index (χ2v) is 8.19. The molecule has 0 unspecified atom stereocenters. The van der Waals surface area contributed by atoms with Crippen molar-refractivity contribution in [2.75, 3.05) is 13.3 Å². The Kier molecular flexibility index (Phi) is 5.04. The second-order valence-electron chi connectivity index (χ2n) is 5.66. The molecule has 7 heteroatoms. The molecule has 0 N–H and O–H groups in total. The normalized spacial score (nSPS) is 15.1. The van der Waals surface area contributed by atoms with Gasteiger partial charge in [0.25, 0.3) is 0 Å². The largest absolute Gasteiger partial charge is 0.299 e. The Hall–Kier alpha value is -1.24. The van der Waals surface area contributed by atoms with Gasteiger partial charge in [-0.15, -0.1) is 0 Å². The molecule has 1 fully saturated rings. The Morgan fingerprint density at radius 1 is 1.32 bits per heavy atom. The minimum Gasteiger partial charge on any atom is -0.299 e. The third-order valence-corrected chi connectivity index (χ3v) is 5.19. The highest BCUT2D eigenvalue weighted by Crippen LogP contribution is 2.31. The zero-order valence-corrected chi connectivity index (χ0v) is 14.1. The Balaban J connectivity index is 2.23. The van der Waals surface area contributed by atoms with E-state index < -0.39 is 10.0 Å². The molecule has 0 atom stereocenters. The fourth-order valence-electron chi connectivity index (χ4n) is 2.13. The van der Waals surface area contributed by atoms with Crippen LogP contribution in [0.5, 0.6) is 0 Å². The van der Waals surface area contributed by atoms with Gasteiger partial charge in [0, 0.05) is 30.1 Å². The standard InChI is InChI=1S/C15H18ClNO4S/c1-17(22(2,20)21)9-11-7-12(16)5-6-13(11)15(19)8-14(18)10-3-4-10/h5-7,10H,3-4,8-9H2,1-2H3. The van der Waals surface area contributed by atoms with E-state index >= 15 is 0 Å². The van der Waals surface area contributed by atoms with E-state index in [1.165, 1.54) is 7.05 Å². The zero-order valence-electron chi connectivity index (χ0n) is 12.5. The third-order valence-electron chi connectivity index (χ3n) is 3.69. The van der Waals surface area contributed by atoms with Crippen molar-refractivity contribution in [2.24, 2.45) is 5.92 Å². The molecule has 1 aliphatic rings. The van der Waals surface area contributed by atoms with Gasteiger partial charge in [-0.05, 0) is 36.6 Å². The highest BCUT2D eigenvalue weighted by atomic mass is 35.5. The van der Waals surface area contributed by atoms with Crippen LogP contribution in [0.4, 0.5) is 0 Å². The molecule has 5 nitrogen and oxygen atoms in total. The number of carbonyl (C=O) groups is 2. The van der Waals surface area contributed by atoms with Gasteiger partial charge in [0.2, 0.25) is 10.0 Å². The monoisotopic (exact) mass is 343 g/mol. The minimum absolute atomic E-state index is 0.0263. The van der Waals surface area contributed by atoms with Gasteiger partial charge in [-0.1, -0.05) is 11.6 Å². The average Bonchev–Trinajstić information content (AvgIpc) is 3.21. The molecule has 1 aliphatic carbocycles. The fraction of sp³-hybridized carbons (Fsp3) is 0.467. The van der Waals surface area contributed by atoms with Crippen LogP contribution < -0.4 is 0 Å². The number of rotatable bonds is 7. The predicted octanol–water partition coefficient (Wildman–Crippen LogP) is 2.28. The van der Waals surface area contributed by atoms with Crippen LogP contribution in [0.15, 0.2) is 18.2 Å². The summed E-state index contributed by atoms with van der Waals surface area (Å²) in [6.45, 7) is 0.0398. The number of carbonyl (C=O) groups excluding carboxylic acids is 2. The second kappa shape index (κ2) is 6.48. The summed E-state index contributed by atoms with van der Waals surface area (Å²) in [6.07, 6.45) is 2.67. The number of ketones is 2. The first-order chi connectivity index (χ1) is 10.2. The quantitative estimate of drug-likeness (QED) is 0.562. The van der Waals surface area contributed by atoms with Gasteiger partial charge in [0.1, 0.15) is 5.78 Å². The van der Waals surface area contributed by atoms with E-state index in [9.17, 15) is 18.0 Å². The lowest BCUT2D eigenvalue weighted by Crippen LogP contribution is -2.26. The van der Waals surface area contributed by atoms with E-state index in [2.05, 4.69) is 0 Å². The van der Waals surface area contributed by atoms with Gasteiger partial charge >= 0.3 is 0 Å². The molecule has 1 aromatic carbocycles. The molecule has 120 valence electrons. The molecular formula is C15H18ClNO4S. The molecule has 2 rings (SSSR count). The fourth-order valence-corrected chi connectivity index (χ4v) is 2.69. The molecular weight excluding hydrogens is 326 g/mol. The highest BCUT2D eigenvalue weighted by Gasteiger charge is 2.31. The lowest BCUT2D eigenvalue weighted by molar-refractivity contribution is -0.119. The molecule has 0 saturated heterocycles. The Labute approximate surface area is 135 Å². The number of halogens is 1. The average molecular weight is 344 g/mol. The molecule has 0 amide bonds. The maximum absolute atomic E-state index is 12.3. The van der Waals surface area contributed by atoms with Crippen molar-refractivity contribution in [3.63, 3.8) is 0 Å². The summed E-state index contributed by atoms with van der Waals surface area (Å²) in [5.41, 5.74) is 0.864. The van der Waals surface area contributed by atoms with Crippen LogP contribution in [0.25, 0.3) is 0 Å². The van der Waals surface area contributed by atoms with Crippen LogP contribution in [-0.2, 0) is 21.4 Å². The first kappa shape index (κ1) is 17.1. The summed E-state index contributed by atoms with van der Waals surface area (Å²) in [7, 11) is -1.94. The maximum Gasteiger partial charge on any atom is 0.211 e. The van der Waals surface area contributed by atoms with Gasteiger partial charge < -0.3 is 0 Å². The molecule has 0 radical (unpaired) electrons. The van der Waals surface area contributed by atoms with E-state index in [4.69, 9.17) is 11.6 Å². The molecule has 0 bridgehead atoms. The van der Waals surface area contributed by atoms with Gasteiger partial charge in [-0.3, -0.25) is 9.59 Å². The molecule has 1 saturated carbocycles. The summed E-state index contributed by atoms with van der Waals surface area (Å²) in [4.78, 5) is 24.1. The number of hydrogen-bond acceptors (Lipinski definition) is 4. The molecule has 0 aliphatic heterocycles. The van der Waals surface area contributed by atoms with Crippen molar-refractivity contribution in [3.05, 3.63) is 34.3 Å². The number of Topliss-reactive ketones (excluding diaryl/α,β-unsaturated/α-hetero) is 2. The van der Waals surface area contributed by atoms with E-state index in [-0.39, 0.29) is 30.4 Å². The first-order valence-electron chi connectivity index (χ1n) is 6.94. The van der Waals surface area contributed by atoms with Crippen LogP contribution in [-0.4, -0.2) is 37.6 Å². The SMILES string of the molecule is CN(Cc1cc(Cl)ccc1C(=O)CC(=O)C1CC1)S(C)(=O)=O. The molecule has 0 spiro atoms. The summed E-state index contributed by atoms with van der Waals surface area (Å²) in [5.74, 6) is -0.300. The number of hydrogen-bond donors (Lipinski definition) is 0. The Bertz CT molecular complexity index is 710. The van der Waals surface area contributed by atoms with Gasteiger partial charge in [0.15, 0.2) is 5.78 Å². The third kappa shape index (κ3) is 4.38. The van der Waals surface area contributed by atoms with Crippen LogP contribution in [0.2, 0.25) is 5.02 Å².